The van der Waals surface area contributed by atoms with Crippen LogP contribution in [0.4, 0.5) is 0 Å². The Kier molecular flexibility index (Phi) is 10.7. The average Bonchev–Trinajstić information content (AvgIpc) is 3.20. The van der Waals surface area contributed by atoms with E-state index in [4.69, 9.17) is 9.47 Å². The van der Waals surface area contributed by atoms with Gasteiger partial charge in [0.2, 0.25) is 0 Å². The maximum atomic E-state index is 6.61. The van der Waals surface area contributed by atoms with Crippen molar-refractivity contribution in [1.29, 1.82) is 0 Å². The summed E-state index contributed by atoms with van der Waals surface area (Å²) in [4.78, 5) is 0. The van der Waals surface area contributed by atoms with Crippen LogP contribution in [0.5, 0.6) is 0 Å². The molecule has 0 saturated carbocycles. The van der Waals surface area contributed by atoms with Crippen molar-refractivity contribution in [1.82, 2.24) is 0 Å². The Morgan fingerprint density at radius 2 is 0.730 bits per heavy atom. The smallest absolute Gasteiger partial charge is 0.163 e. The third-order valence-electron chi connectivity index (χ3n) is 6.28. The van der Waals surface area contributed by atoms with Crippen LogP contribution in [0.15, 0.2) is 121 Å². The van der Waals surface area contributed by atoms with Gasteiger partial charge in [0, 0.05) is 29.1 Å². The van der Waals surface area contributed by atoms with Gasteiger partial charge >= 0.3 is 0 Å². The van der Waals surface area contributed by atoms with Gasteiger partial charge in [0.1, 0.15) is 0 Å². The van der Waals surface area contributed by atoms with E-state index >= 15 is 0 Å². The lowest BCUT2D eigenvalue weighted by Gasteiger charge is -2.27. The number of benzene rings is 4. The molecule has 0 aromatic heterocycles. The zero-order valence-electron chi connectivity index (χ0n) is 21.5. The fourth-order valence-corrected chi connectivity index (χ4v) is 9.64. The van der Waals surface area contributed by atoms with E-state index in [1.807, 2.05) is 0 Å². The summed E-state index contributed by atoms with van der Waals surface area (Å²) in [7, 11) is -1.12. The first-order valence-electron chi connectivity index (χ1n) is 12.2. The van der Waals surface area contributed by atoms with Gasteiger partial charge < -0.3 is 9.47 Å². The molecule has 0 bridgehead atoms. The van der Waals surface area contributed by atoms with Crippen LogP contribution in [-0.2, 0) is 9.47 Å². The molecule has 4 aromatic rings. The molecular formula is C31H32B2O2P2. The van der Waals surface area contributed by atoms with Crippen molar-refractivity contribution in [3.63, 3.8) is 0 Å². The number of hydrogen-bond donors (Lipinski definition) is 0. The molecule has 37 heavy (non-hydrogen) atoms. The molecule has 1 heterocycles. The molecule has 184 valence electrons. The van der Waals surface area contributed by atoms with E-state index in [9.17, 15) is 0 Å². The quantitative estimate of drug-likeness (QED) is 0.241. The summed E-state index contributed by atoms with van der Waals surface area (Å²) in [5, 5.41) is 5.53. The van der Waals surface area contributed by atoms with E-state index < -0.39 is 21.6 Å². The van der Waals surface area contributed by atoms with E-state index in [2.05, 4.69) is 135 Å². The molecule has 1 saturated heterocycles. The number of hydrogen-bond acceptors (Lipinski definition) is 2. The topological polar surface area (TPSA) is 18.5 Å². The predicted molar refractivity (Wildman–Crippen MR) is 163 cm³/mol. The van der Waals surface area contributed by atoms with Gasteiger partial charge in [0.15, 0.2) is 5.79 Å². The van der Waals surface area contributed by atoms with Crippen LogP contribution < -0.4 is 21.2 Å². The molecule has 5 rings (SSSR count). The van der Waals surface area contributed by atoms with Crippen molar-refractivity contribution in [2.24, 2.45) is 0 Å². The Labute approximate surface area is 228 Å². The Morgan fingerprint density at radius 1 is 0.486 bits per heavy atom. The zero-order valence-corrected chi connectivity index (χ0v) is 23.3. The Balaban J connectivity index is 0.00000190. The van der Waals surface area contributed by atoms with Gasteiger partial charge in [-0.15, -0.1) is 0 Å². The average molecular weight is 520 g/mol. The van der Waals surface area contributed by atoms with Gasteiger partial charge in [-0.05, 0) is 50.9 Å². The molecule has 6 heteroatoms. The molecule has 0 aliphatic carbocycles. The maximum Gasteiger partial charge on any atom is 0.163 e. The van der Waals surface area contributed by atoms with Crippen molar-refractivity contribution in [2.75, 3.05) is 12.3 Å². The Morgan fingerprint density at radius 3 is 0.973 bits per heavy atom. The lowest BCUT2D eigenvalue weighted by atomic mass is 10.3. The highest BCUT2D eigenvalue weighted by Gasteiger charge is 2.43. The van der Waals surface area contributed by atoms with Crippen LogP contribution in [-0.4, -0.2) is 47.1 Å². The first kappa shape index (κ1) is 29.3. The van der Waals surface area contributed by atoms with Gasteiger partial charge in [-0.25, -0.2) is 0 Å². The molecule has 0 N–H and O–H groups in total. The standard InChI is InChI=1S/C31H32O2P2.2B/c1-31(2)32-29(23-34(25-15-7-3-8-16-25)26-17-9-4-10-18-26)30(33-31)24-35(27-19-11-5-12-20-27)28-21-13-6-14-22-28;;/h3-22,29-30H,23-24H2,1-2H3;;/t29-,30-;;/m0../s1. The second-order valence-electron chi connectivity index (χ2n) is 9.28. The van der Waals surface area contributed by atoms with Gasteiger partial charge in [-0.3, -0.25) is 0 Å². The summed E-state index contributed by atoms with van der Waals surface area (Å²) in [6.07, 6.45) is 1.97. The van der Waals surface area contributed by atoms with E-state index in [1.165, 1.54) is 21.2 Å². The molecule has 2 atom stereocenters. The Hall–Kier alpha value is -2.21. The van der Waals surface area contributed by atoms with Crippen molar-refractivity contribution in [3.05, 3.63) is 121 Å². The highest BCUT2D eigenvalue weighted by molar-refractivity contribution is 7.73. The third kappa shape index (κ3) is 7.43. The van der Waals surface area contributed by atoms with Gasteiger partial charge in [-0.1, -0.05) is 121 Å². The fraction of sp³-hybridized carbons (Fsp3) is 0.226. The summed E-state index contributed by atoms with van der Waals surface area (Å²) in [6.45, 7) is 4.11. The van der Waals surface area contributed by atoms with Gasteiger partial charge in [0.25, 0.3) is 0 Å². The minimum Gasteiger partial charge on any atom is -0.344 e. The second-order valence-corrected chi connectivity index (χ2v) is 13.8. The molecule has 1 fully saturated rings. The van der Waals surface area contributed by atoms with Gasteiger partial charge in [-0.2, -0.15) is 0 Å². The van der Waals surface area contributed by atoms with Crippen LogP contribution >= 0.6 is 15.8 Å². The lowest BCUT2D eigenvalue weighted by molar-refractivity contribution is -0.142. The van der Waals surface area contributed by atoms with Crippen LogP contribution in [0.2, 0.25) is 0 Å². The molecule has 2 nitrogen and oxygen atoms in total. The summed E-state index contributed by atoms with van der Waals surface area (Å²) in [5.74, 6) is -0.585. The maximum absolute atomic E-state index is 6.61. The molecule has 4 aromatic carbocycles. The SMILES string of the molecule is CC1(C)O[C@@H](CP(c2ccccc2)c2ccccc2)[C@H](CP(c2ccccc2)c2ccccc2)O1.[B].[B]. The molecule has 1 aliphatic rings. The van der Waals surface area contributed by atoms with Crippen molar-refractivity contribution in [2.45, 2.75) is 31.8 Å². The monoisotopic (exact) mass is 520 g/mol. The largest absolute Gasteiger partial charge is 0.344 e. The van der Waals surface area contributed by atoms with E-state index in [0.29, 0.717) is 0 Å². The van der Waals surface area contributed by atoms with Crippen molar-refractivity contribution in [3.8, 4) is 0 Å². The second kappa shape index (κ2) is 13.5. The first-order valence-corrected chi connectivity index (χ1v) is 15.3. The van der Waals surface area contributed by atoms with Crippen LogP contribution in [0.1, 0.15) is 13.8 Å². The summed E-state index contributed by atoms with van der Waals surface area (Å²) in [5.41, 5.74) is 0. The predicted octanol–water partition coefficient (Wildman–Crippen LogP) is 5.01. The van der Waals surface area contributed by atoms with Crippen LogP contribution in [0.25, 0.3) is 0 Å². The van der Waals surface area contributed by atoms with Gasteiger partial charge in [0.05, 0.1) is 12.2 Å². The highest BCUT2D eigenvalue weighted by atomic mass is 31.1. The summed E-state index contributed by atoms with van der Waals surface area (Å²) >= 11 is 0. The van der Waals surface area contributed by atoms with Crippen molar-refractivity contribution >= 4 is 53.9 Å². The van der Waals surface area contributed by atoms with E-state index in [1.54, 1.807) is 0 Å². The lowest BCUT2D eigenvalue weighted by Crippen LogP contribution is -2.33. The molecule has 0 amide bonds. The fourth-order valence-electron chi connectivity index (χ4n) is 4.73. The molecular weight excluding hydrogens is 488 g/mol. The molecule has 1 aliphatic heterocycles. The minimum absolute atomic E-state index is 0. The number of rotatable bonds is 8. The summed E-state index contributed by atoms with van der Waals surface area (Å²) < 4.78 is 13.2. The van der Waals surface area contributed by atoms with E-state index in [-0.39, 0.29) is 29.0 Å². The molecule has 0 unspecified atom stereocenters. The zero-order chi connectivity index (χ0) is 24.1. The van der Waals surface area contributed by atoms with Crippen molar-refractivity contribution < 1.29 is 9.47 Å². The first-order chi connectivity index (χ1) is 17.1. The Bertz CT molecular complexity index is 1020. The third-order valence-corrected chi connectivity index (χ3v) is 11.4. The van der Waals surface area contributed by atoms with Crippen LogP contribution in [0, 0.1) is 0 Å². The van der Waals surface area contributed by atoms with Crippen LogP contribution in [0.3, 0.4) is 0 Å². The summed E-state index contributed by atoms with van der Waals surface area (Å²) in [6, 6.07) is 43.6. The minimum atomic E-state index is -0.585. The normalized spacial score (nSPS) is 18.3. The highest BCUT2D eigenvalue weighted by Crippen LogP contribution is 2.44. The number of ether oxygens (including phenoxy) is 2. The molecule has 6 radical (unpaired) electrons. The van der Waals surface area contributed by atoms with E-state index in [0.717, 1.165) is 12.3 Å². The molecule has 0 spiro atoms.